The van der Waals surface area contributed by atoms with Gasteiger partial charge >= 0.3 is 0 Å². The van der Waals surface area contributed by atoms with Crippen LogP contribution in [0.15, 0.2) is 179 Å². The second kappa shape index (κ2) is 16.6. The molecule has 0 spiro atoms. The van der Waals surface area contributed by atoms with Crippen LogP contribution in [0.25, 0.3) is 76.2 Å². The smallest absolute Gasteiger partial charge is 0.159 e. The van der Waals surface area contributed by atoms with Crippen LogP contribution < -0.4 is 9.80 Å². The van der Waals surface area contributed by atoms with E-state index in [4.69, 9.17) is 8.83 Å². The van der Waals surface area contributed by atoms with Gasteiger partial charge in [-0.2, -0.15) is 0 Å². The Bertz CT molecular complexity index is 3680. The van der Waals surface area contributed by atoms with Crippen molar-refractivity contribution in [2.75, 3.05) is 9.80 Å². The average Bonchev–Trinajstić information content (AvgIpc) is 4.00. The number of rotatable bonds is 8. The van der Waals surface area contributed by atoms with Gasteiger partial charge in [-0.1, -0.05) is 171 Å². The largest absolute Gasteiger partial charge is 0.454 e. The Labute approximate surface area is 409 Å². The SMILES string of the molecule is Cc1ccc(N(c2ccc3ccc4c(N(c5ccc(C)cc5)c5cccc6c5oc5c(C7CCCCC7)cccc56)ccc5ccc2c3c54)c2cccc3c2oc2c(C4CCCCC4)cccc23)cc1. The number of fused-ring (bicyclic) bond motifs is 6. The van der Waals surface area contributed by atoms with Crippen molar-refractivity contribution >= 4 is 110 Å². The number of aryl methyl sites for hydroxylation is 2. The van der Waals surface area contributed by atoms with Crippen LogP contribution in [0.5, 0.6) is 0 Å². The number of nitrogens with zero attached hydrogens (tertiary/aromatic N) is 2. The average molecular weight is 909 g/mol. The number of benzene rings is 10. The first-order valence-corrected chi connectivity index (χ1v) is 25.9. The third-order valence-corrected chi connectivity index (χ3v) is 16.3. The highest BCUT2D eigenvalue weighted by molar-refractivity contribution is 6.29. The van der Waals surface area contributed by atoms with Crippen LogP contribution in [0.4, 0.5) is 34.1 Å². The molecule has 0 N–H and O–H groups in total. The molecule has 2 heterocycles. The lowest BCUT2D eigenvalue weighted by Crippen LogP contribution is -2.12. The van der Waals surface area contributed by atoms with E-state index in [0.29, 0.717) is 11.8 Å². The maximum Gasteiger partial charge on any atom is 0.159 e. The lowest BCUT2D eigenvalue weighted by atomic mass is 9.83. The van der Waals surface area contributed by atoms with Gasteiger partial charge in [0.15, 0.2) is 11.2 Å². The number of hydrogen-bond acceptors (Lipinski definition) is 4. The standard InChI is InChI=1S/C66H56N2O2/c1-41-25-33-47(34-26-41)67(59-23-11-21-53-51-19-9-17-49(63(51)69-65(53)59)43-13-5-3-6-14-43)57-39-31-45-30-38-56-58(40-32-46-29-37-55(57)61(45)62(46)56)68(48-35-27-42(2)28-36-48)60-24-12-22-54-52-20-10-18-50(64(52)70-66(54)60)44-15-7-4-8-16-44/h9-12,17-40,43-44H,3-8,13-16H2,1-2H3. The molecule has 2 aliphatic rings. The number of anilines is 6. The van der Waals surface area contributed by atoms with E-state index in [9.17, 15) is 0 Å². The number of hydrogen-bond donors (Lipinski definition) is 0. The summed E-state index contributed by atoms with van der Waals surface area (Å²) < 4.78 is 14.4. The summed E-state index contributed by atoms with van der Waals surface area (Å²) in [4.78, 5) is 4.89. The summed E-state index contributed by atoms with van der Waals surface area (Å²) >= 11 is 0. The van der Waals surface area contributed by atoms with Crippen molar-refractivity contribution in [2.45, 2.75) is 89.9 Å². The van der Waals surface area contributed by atoms with Crippen molar-refractivity contribution in [2.24, 2.45) is 0 Å². The summed E-state index contributed by atoms with van der Waals surface area (Å²) in [5.74, 6) is 1.06. The second-order valence-electron chi connectivity index (χ2n) is 20.6. The van der Waals surface area contributed by atoms with Crippen LogP contribution >= 0.6 is 0 Å². The van der Waals surface area contributed by atoms with Crippen molar-refractivity contribution in [3.8, 4) is 0 Å². The zero-order valence-electron chi connectivity index (χ0n) is 40.1. The molecule has 0 aliphatic heterocycles. The molecule has 2 aliphatic carbocycles. The van der Waals surface area contributed by atoms with Gasteiger partial charge in [-0.3, -0.25) is 0 Å². The van der Waals surface area contributed by atoms with E-state index in [0.717, 1.165) is 67.2 Å². The molecule has 2 fully saturated rings. The summed E-state index contributed by atoms with van der Waals surface area (Å²) in [6.45, 7) is 4.33. The van der Waals surface area contributed by atoms with Crippen molar-refractivity contribution in [1.82, 2.24) is 0 Å². The molecule has 0 atom stereocenters. The van der Waals surface area contributed by atoms with Gasteiger partial charge in [0.1, 0.15) is 11.2 Å². The first kappa shape index (κ1) is 41.4. The quantitative estimate of drug-likeness (QED) is 0.142. The summed E-state index contributed by atoms with van der Waals surface area (Å²) in [7, 11) is 0. The lowest BCUT2D eigenvalue weighted by Gasteiger charge is -2.29. The molecule has 12 aromatic rings. The molecule has 0 unspecified atom stereocenters. The molecular weight excluding hydrogens is 853 g/mol. The first-order chi connectivity index (χ1) is 34.6. The molecule has 0 bridgehead atoms. The Hall–Kier alpha value is -7.56. The van der Waals surface area contributed by atoms with Crippen LogP contribution in [0, 0.1) is 13.8 Å². The van der Waals surface area contributed by atoms with Gasteiger partial charge in [0.25, 0.3) is 0 Å². The predicted octanol–water partition coefficient (Wildman–Crippen LogP) is 20.0. The minimum atomic E-state index is 0.532. The summed E-state index contributed by atoms with van der Waals surface area (Å²) in [6, 6.07) is 63.6. The fourth-order valence-electron chi connectivity index (χ4n) is 12.8. The molecule has 2 aromatic heterocycles. The van der Waals surface area contributed by atoms with E-state index in [1.807, 2.05) is 0 Å². The third kappa shape index (κ3) is 6.56. The summed E-state index contributed by atoms with van der Waals surface area (Å²) in [6.07, 6.45) is 12.7. The van der Waals surface area contributed by atoms with Crippen LogP contribution in [0.2, 0.25) is 0 Å². The van der Waals surface area contributed by atoms with Crippen molar-refractivity contribution in [3.05, 3.63) is 192 Å². The summed E-state index contributed by atoms with van der Waals surface area (Å²) in [5, 5.41) is 12.1. The number of furan rings is 2. The van der Waals surface area contributed by atoms with E-state index >= 15 is 0 Å². The molecular formula is C66H56N2O2. The van der Waals surface area contributed by atoms with Crippen LogP contribution in [0.3, 0.4) is 0 Å². The van der Waals surface area contributed by atoms with Gasteiger partial charge in [-0.15, -0.1) is 0 Å². The Balaban J connectivity index is 0.987. The van der Waals surface area contributed by atoms with Crippen LogP contribution in [0.1, 0.15) is 98.3 Å². The van der Waals surface area contributed by atoms with Gasteiger partial charge in [-0.05, 0) is 133 Å². The Morgan fingerprint density at radius 2 is 0.700 bits per heavy atom. The molecule has 0 amide bonds. The van der Waals surface area contributed by atoms with E-state index in [2.05, 4.69) is 194 Å². The third-order valence-electron chi connectivity index (χ3n) is 16.3. The first-order valence-electron chi connectivity index (χ1n) is 25.9. The van der Waals surface area contributed by atoms with E-state index in [1.54, 1.807) is 0 Å². The normalized spacial score (nSPS) is 15.2. The predicted molar refractivity (Wildman–Crippen MR) is 295 cm³/mol. The molecule has 2 saturated carbocycles. The van der Waals surface area contributed by atoms with Gasteiger partial charge < -0.3 is 18.6 Å². The minimum Gasteiger partial charge on any atom is -0.454 e. The van der Waals surface area contributed by atoms with Crippen LogP contribution in [-0.4, -0.2) is 0 Å². The Morgan fingerprint density at radius 3 is 1.11 bits per heavy atom. The molecule has 4 heteroatoms. The maximum atomic E-state index is 7.21. The topological polar surface area (TPSA) is 32.8 Å². The van der Waals surface area contributed by atoms with E-state index in [1.165, 1.54) is 130 Å². The maximum absolute atomic E-state index is 7.21. The van der Waals surface area contributed by atoms with Gasteiger partial charge in [0, 0.05) is 43.7 Å². The van der Waals surface area contributed by atoms with Crippen molar-refractivity contribution in [1.29, 1.82) is 0 Å². The molecule has 10 aromatic carbocycles. The van der Waals surface area contributed by atoms with Crippen LogP contribution in [-0.2, 0) is 0 Å². The molecule has 14 rings (SSSR count). The summed E-state index contributed by atoms with van der Waals surface area (Å²) in [5.41, 5.74) is 15.6. The van der Waals surface area contributed by atoms with E-state index < -0.39 is 0 Å². The second-order valence-corrected chi connectivity index (χ2v) is 20.6. The van der Waals surface area contributed by atoms with Gasteiger partial charge in [0.2, 0.25) is 0 Å². The van der Waals surface area contributed by atoms with Gasteiger partial charge in [-0.25, -0.2) is 0 Å². The monoisotopic (exact) mass is 908 g/mol. The fraction of sp³-hybridized carbons (Fsp3) is 0.212. The van der Waals surface area contributed by atoms with Crippen molar-refractivity contribution < 1.29 is 8.83 Å². The zero-order chi connectivity index (χ0) is 46.5. The van der Waals surface area contributed by atoms with Gasteiger partial charge in [0.05, 0.1) is 22.7 Å². The minimum absolute atomic E-state index is 0.532. The zero-order valence-corrected chi connectivity index (χ0v) is 40.1. The Kier molecular flexibility index (Phi) is 9.79. The molecule has 342 valence electrons. The molecule has 0 radical (unpaired) electrons. The van der Waals surface area contributed by atoms with Crippen molar-refractivity contribution in [3.63, 3.8) is 0 Å². The lowest BCUT2D eigenvalue weighted by molar-refractivity contribution is 0.442. The Morgan fingerprint density at radius 1 is 0.329 bits per heavy atom. The molecule has 4 nitrogen and oxygen atoms in total. The highest BCUT2D eigenvalue weighted by Gasteiger charge is 2.28. The highest BCUT2D eigenvalue weighted by atomic mass is 16.3. The highest BCUT2D eigenvalue weighted by Crippen LogP contribution is 2.51. The number of para-hydroxylation sites is 4. The van der Waals surface area contributed by atoms with E-state index in [-0.39, 0.29) is 0 Å². The molecule has 0 saturated heterocycles. The fourth-order valence-corrected chi connectivity index (χ4v) is 12.8. The molecule has 70 heavy (non-hydrogen) atoms.